The molecule has 0 bridgehead atoms. The zero-order valence-electron chi connectivity index (χ0n) is 13.0. The molecule has 1 N–H and O–H groups in total. The molecule has 0 saturated carbocycles. The summed E-state index contributed by atoms with van der Waals surface area (Å²) in [6.45, 7) is 4.02. The molecular weight excluding hydrogens is 328 g/mol. The molecule has 0 unspecified atom stereocenters. The monoisotopic (exact) mass is 344 g/mol. The minimum absolute atomic E-state index is 0.232. The lowest BCUT2D eigenvalue weighted by molar-refractivity contribution is 0.102. The van der Waals surface area contributed by atoms with Gasteiger partial charge in [0.25, 0.3) is 5.91 Å². The minimum atomic E-state index is -0.232. The van der Waals surface area contributed by atoms with Crippen molar-refractivity contribution in [1.29, 1.82) is 0 Å². The summed E-state index contributed by atoms with van der Waals surface area (Å²) < 4.78 is 5.28. The fraction of sp³-hybridized carbons (Fsp3) is 0.176. The highest BCUT2D eigenvalue weighted by Crippen LogP contribution is 2.31. The van der Waals surface area contributed by atoms with Crippen LogP contribution in [0.15, 0.2) is 35.7 Å². The summed E-state index contributed by atoms with van der Waals surface area (Å²) in [5.74, 6) is 0.401. The summed E-state index contributed by atoms with van der Waals surface area (Å²) in [7, 11) is 1.58. The van der Waals surface area contributed by atoms with Crippen LogP contribution in [-0.4, -0.2) is 18.0 Å². The maximum atomic E-state index is 12.4. The topological polar surface area (TPSA) is 51.2 Å². The van der Waals surface area contributed by atoms with Gasteiger partial charge in [-0.3, -0.25) is 4.79 Å². The number of aromatic nitrogens is 1. The van der Waals surface area contributed by atoms with Gasteiger partial charge in [-0.25, -0.2) is 4.98 Å². The molecule has 0 radical (unpaired) electrons. The predicted molar refractivity (Wildman–Crippen MR) is 95.8 cm³/mol. The Balaban J connectivity index is 1.82. The lowest BCUT2D eigenvalue weighted by Crippen LogP contribution is -2.13. The molecule has 118 valence electrons. The molecule has 2 aromatic heterocycles. The second-order valence-corrected chi connectivity index (χ2v) is 7.25. The predicted octanol–water partition coefficient (Wildman–Crippen LogP) is 4.75. The van der Waals surface area contributed by atoms with Gasteiger partial charge in [-0.05, 0) is 43.7 Å². The number of nitrogens with one attached hydrogen (secondary N) is 1. The number of thiazole rings is 1. The van der Waals surface area contributed by atoms with Gasteiger partial charge in [0, 0.05) is 10.3 Å². The van der Waals surface area contributed by atoms with E-state index in [0.717, 1.165) is 15.4 Å². The fourth-order valence-electron chi connectivity index (χ4n) is 2.15. The number of aryl methyl sites for hydroxylation is 2. The van der Waals surface area contributed by atoms with E-state index < -0.39 is 0 Å². The van der Waals surface area contributed by atoms with Gasteiger partial charge in [0.1, 0.15) is 16.5 Å². The molecule has 0 aliphatic carbocycles. The van der Waals surface area contributed by atoms with Crippen molar-refractivity contribution in [3.63, 3.8) is 0 Å². The first kappa shape index (κ1) is 15.7. The Morgan fingerprint density at radius 2 is 2.04 bits per heavy atom. The SMILES string of the molecule is COc1ccc(C)cc1NC(=O)c1csc(-c2ccc(C)s2)n1. The third-order valence-electron chi connectivity index (χ3n) is 3.29. The molecule has 0 spiro atoms. The number of hydrogen-bond donors (Lipinski definition) is 1. The van der Waals surface area contributed by atoms with Crippen LogP contribution >= 0.6 is 22.7 Å². The number of amides is 1. The highest BCUT2D eigenvalue weighted by atomic mass is 32.1. The van der Waals surface area contributed by atoms with E-state index in [4.69, 9.17) is 4.74 Å². The number of thiophene rings is 1. The van der Waals surface area contributed by atoms with E-state index in [1.54, 1.807) is 23.8 Å². The van der Waals surface area contributed by atoms with Gasteiger partial charge >= 0.3 is 0 Å². The van der Waals surface area contributed by atoms with Crippen LogP contribution < -0.4 is 10.1 Å². The second-order valence-electron chi connectivity index (χ2n) is 5.11. The zero-order chi connectivity index (χ0) is 16.4. The van der Waals surface area contributed by atoms with E-state index in [2.05, 4.69) is 23.3 Å². The van der Waals surface area contributed by atoms with Gasteiger partial charge in [0.05, 0.1) is 17.7 Å². The van der Waals surface area contributed by atoms with Crippen LogP contribution in [-0.2, 0) is 0 Å². The number of carbonyl (C=O) groups is 1. The van der Waals surface area contributed by atoms with Gasteiger partial charge in [0.2, 0.25) is 0 Å². The third-order valence-corrected chi connectivity index (χ3v) is 5.30. The number of rotatable bonds is 4. The zero-order valence-corrected chi connectivity index (χ0v) is 14.7. The van der Waals surface area contributed by atoms with Crippen LogP contribution in [0.25, 0.3) is 9.88 Å². The molecule has 0 saturated heterocycles. The lowest BCUT2D eigenvalue weighted by atomic mass is 10.2. The lowest BCUT2D eigenvalue weighted by Gasteiger charge is -2.10. The van der Waals surface area contributed by atoms with Crippen LogP contribution in [0.3, 0.4) is 0 Å². The van der Waals surface area contributed by atoms with Crippen molar-refractivity contribution in [1.82, 2.24) is 4.98 Å². The largest absolute Gasteiger partial charge is 0.495 e. The maximum Gasteiger partial charge on any atom is 0.275 e. The fourth-order valence-corrected chi connectivity index (χ4v) is 3.89. The van der Waals surface area contributed by atoms with Crippen molar-refractivity contribution in [2.45, 2.75) is 13.8 Å². The normalized spacial score (nSPS) is 10.6. The summed E-state index contributed by atoms with van der Waals surface area (Å²) in [6, 6.07) is 9.75. The molecule has 3 aromatic rings. The van der Waals surface area contributed by atoms with Gasteiger partial charge in [-0.15, -0.1) is 22.7 Å². The minimum Gasteiger partial charge on any atom is -0.495 e. The first-order valence-corrected chi connectivity index (χ1v) is 8.75. The molecule has 4 nitrogen and oxygen atoms in total. The number of anilines is 1. The molecule has 6 heteroatoms. The Morgan fingerprint density at radius 3 is 2.74 bits per heavy atom. The van der Waals surface area contributed by atoms with Gasteiger partial charge in [0.15, 0.2) is 0 Å². The second kappa shape index (κ2) is 6.52. The highest BCUT2D eigenvalue weighted by Gasteiger charge is 2.15. The molecule has 0 aliphatic heterocycles. The average molecular weight is 344 g/mol. The van der Waals surface area contributed by atoms with Crippen molar-refractivity contribution in [2.75, 3.05) is 12.4 Å². The Morgan fingerprint density at radius 1 is 1.22 bits per heavy atom. The number of ether oxygens (including phenoxy) is 1. The van der Waals surface area contributed by atoms with Gasteiger partial charge in [-0.2, -0.15) is 0 Å². The van der Waals surface area contributed by atoms with E-state index >= 15 is 0 Å². The average Bonchev–Trinajstić information content (AvgIpc) is 3.16. The summed E-state index contributed by atoms with van der Waals surface area (Å²) >= 11 is 3.15. The van der Waals surface area contributed by atoms with Crippen LogP contribution in [0.4, 0.5) is 5.69 Å². The van der Waals surface area contributed by atoms with Crippen molar-refractivity contribution in [2.24, 2.45) is 0 Å². The highest BCUT2D eigenvalue weighted by molar-refractivity contribution is 7.21. The quantitative estimate of drug-likeness (QED) is 0.743. The number of nitrogens with zero attached hydrogens (tertiary/aromatic N) is 1. The molecular formula is C17H16N2O2S2. The number of hydrogen-bond acceptors (Lipinski definition) is 5. The third kappa shape index (κ3) is 3.43. The summed E-state index contributed by atoms with van der Waals surface area (Å²) in [5.41, 5.74) is 2.12. The van der Waals surface area contributed by atoms with Crippen molar-refractivity contribution < 1.29 is 9.53 Å². The first-order chi connectivity index (χ1) is 11.1. The van der Waals surface area contributed by atoms with Gasteiger partial charge < -0.3 is 10.1 Å². The van der Waals surface area contributed by atoms with Crippen LogP contribution in [0.5, 0.6) is 5.75 Å². The molecule has 0 atom stereocenters. The summed E-state index contributed by atoms with van der Waals surface area (Å²) in [6.07, 6.45) is 0. The maximum absolute atomic E-state index is 12.4. The summed E-state index contributed by atoms with van der Waals surface area (Å²) in [5, 5.41) is 5.52. The Kier molecular flexibility index (Phi) is 4.45. The number of methoxy groups -OCH3 is 1. The van der Waals surface area contributed by atoms with Crippen molar-refractivity contribution in [3.8, 4) is 15.6 Å². The molecule has 1 amide bonds. The molecule has 1 aromatic carbocycles. The van der Waals surface area contributed by atoms with Gasteiger partial charge in [-0.1, -0.05) is 6.07 Å². The van der Waals surface area contributed by atoms with E-state index in [1.165, 1.54) is 16.2 Å². The number of carbonyl (C=O) groups excluding carboxylic acids is 1. The molecule has 2 heterocycles. The Labute approximate surface area is 142 Å². The summed E-state index contributed by atoms with van der Waals surface area (Å²) in [4.78, 5) is 19.2. The van der Waals surface area contributed by atoms with E-state index in [0.29, 0.717) is 17.1 Å². The Bertz CT molecular complexity index is 852. The molecule has 0 aliphatic rings. The standard InChI is InChI=1S/C17H16N2O2S2/c1-10-4-6-14(21-3)12(8-10)18-16(20)13-9-22-17(19-13)15-7-5-11(2)23-15/h4-9H,1-3H3,(H,18,20). The molecule has 3 rings (SSSR count). The van der Waals surface area contributed by atoms with E-state index in [-0.39, 0.29) is 5.91 Å². The van der Waals surface area contributed by atoms with E-state index in [1.807, 2.05) is 31.2 Å². The molecule has 23 heavy (non-hydrogen) atoms. The number of benzene rings is 1. The van der Waals surface area contributed by atoms with Crippen molar-refractivity contribution in [3.05, 3.63) is 51.8 Å². The van der Waals surface area contributed by atoms with Crippen LogP contribution in [0.1, 0.15) is 20.9 Å². The van der Waals surface area contributed by atoms with Crippen molar-refractivity contribution >= 4 is 34.3 Å². The van der Waals surface area contributed by atoms with Crippen LogP contribution in [0.2, 0.25) is 0 Å². The van der Waals surface area contributed by atoms with E-state index in [9.17, 15) is 4.79 Å². The van der Waals surface area contributed by atoms with Crippen LogP contribution in [0, 0.1) is 13.8 Å². The molecule has 0 fully saturated rings. The smallest absolute Gasteiger partial charge is 0.275 e. The first-order valence-electron chi connectivity index (χ1n) is 7.05. The Hall–Kier alpha value is -2.18.